The van der Waals surface area contributed by atoms with Crippen molar-refractivity contribution in [2.24, 2.45) is 0 Å². The minimum atomic E-state index is 0.355. The van der Waals surface area contributed by atoms with Crippen molar-refractivity contribution in [3.05, 3.63) is 17.4 Å². The summed E-state index contributed by atoms with van der Waals surface area (Å²) in [5.41, 5.74) is 0.935. The van der Waals surface area contributed by atoms with Crippen LogP contribution in [0.1, 0.15) is 12.8 Å². The average molecular weight is 213 g/mol. The van der Waals surface area contributed by atoms with Crippen LogP contribution < -0.4 is 9.64 Å². The Kier molecular flexibility index (Phi) is 2.50. The molecule has 3 nitrogen and oxygen atoms in total. The standard InChI is InChI=1S/C10H13ClN2O/c1-13(2)9-6-12-5-8(11)10(9)14-7-3-4-7/h5-7H,3-4H2,1-2H3. The van der Waals surface area contributed by atoms with E-state index in [0.717, 1.165) is 24.3 Å². The van der Waals surface area contributed by atoms with Gasteiger partial charge < -0.3 is 9.64 Å². The number of aromatic nitrogens is 1. The zero-order valence-corrected chi connectivity index (χ0v) is 9.08. The zero-order valence-electron chi connectivity index (χ0n) is 8.33. The smallest absolute Gasteiger partial charge is 0.164 e. The molecule has 0 unspecified atom stereocenters. The van der Waals surface area contributed by atoms with E-state index in [-0.39, 0.29) is 0 Å². The third-order valence-corrected chi connectivity index (χ3v) is 2.39. The number of ether oxygens (including phenoxy) is 1. The molecule has 0 atom stereocenters. The lowest BCUT2D eigenvalue weighted by Gasteiger charge is -2.17. The maximum Gasteiger partial charge on any atom is 0.164 e. The number of halogens is 1. The summed E-state index contributed by atoms with van der Waals surface area (Å²) in [6.07, 6.45) is 6.00. The third kappa shape index (κ3) is 1.93. The summed E-state index contributed by atoms with van der Waals surface area (Å²) in [6, 6.07) is 0. The first kappa shape index (κ1) is 9.59. The van der Waals surface area contributed by atoms with Gasteiger partial charge in [-0.3, -0.25) is 4.98 Å². The van der Waals surface area contributed by atoms with Crippen LogP contribution in [0, 0.1) is 0 Å². The van der Waals surface area contributed by atoms with E-state index in [4.69, 9.17) is 16.3 Å². The molecule has 1 heterocycles. The molecule has 0 aromatic carbocycles. The Morgan fingerprint density at radius 1 is 1.43 bits per heavy atom. The lowest BCUT2D eigenvalue weighted by molar-refractivity contribution is 0.304. The fourth-order valence-electron chi connectivity index (χ4n) is 1.20. The fraction of sp³-hybridized carbons (Fsp3) is 0.500. The van der Waals surface area contributed by atoms with Gasteiger partial charge in [-0.1, -0.05) is 11.6 Å². The van der Waals surface area contributed by atoms with Crippen molar-refractivity contribution in [2.75, 3.05) is 19.0 Å². The average Bonchev–Trinajstić information content (AvgIpc) is 2.91. The number of rotatable bonds is 3. The minimum Gasteiger partial charge on any atom is -0.487 e. The molecule has 1 aliphatic rings. The molecule has 1 aromatic rings. The number of nitrogens with zero attached hydrogens (tertiary/aromatic N) is 2. The van der Waals surface area contributed by atoms with Gasteiger partial charge in [0.1, 0.15) is 5.02 Å². The van der Waals surface area contributed by atoms with Gasteiger partial charge in [0, 0.05) is 20.3 Å². The molecule has 1 saturated carbocycles. The van der Waals surface area contributed by atoms with Gasteiger partial charge in [0.15, 0.2) is 5.75 Å². The van der Waals surface area contributed by atoms with E-state index >= 15 is 0 Å². The summed E-state index contributed by atoms with van der Waals surface area (Å²) in [7, 11) is 3.90. The molecule has 0 radical (unpaired) electrons. The van der Waals surface area contributed by atoms with Crippen molar-refractivity contribution in [2.45, 2.75) is 18.9 Å². The molecule has 0 saturated heterocycles. The second kappa shape index (κ2) is 3.65. The Hall–Kier alpha value is -0.960. The van der Waals surface area contributed by atoms with E-state index in [9.17, 15) is 0 Å². The minimum absolute atomic E-state index is 0.355. The summed E-state index contributed by atoms with van der Waals surface area (Å²) in [5, 5.41) is 0.586. The second-order valence-electron chi connectivity index (χ2n) is 3.68. The molecule has 0 N–H and O–H groups in total. The Bertz CT molecular complexity index is 337. The Morgan fingerprint density at radius 2 is 2.14 bits per heavy atom. The van der Waals surface area contributed by atoms with Crippen LogP contribution in [-0.4, -0.2) is 25.2 Å². The van der Waals surface area contributed by atoms with E-state index in [1.54, 1.807) is 12.4 Å². The van der Waals surface area contributed by atoms with Gasteiger partial charge in [0.2, 0.25) is 0 Å². The summed E-state index contributed by atoms with van der Waals surface area (Å²) in [5.74, 6) is 0.758. The molecule has 1 fully saturated rings. The van der Waals surface area contributed by atoms with Crippen molar-refractivity contribution >= 4 is 17.3 Å². The van der Waals surface area contributed by atoms with Crippen LogP contribution in [-0.2, 0) is 0 Å². The second-order valence-corrected chi connectivity index (χ2v) is 4.09. The van der Waals surface area contributed by atoms with Crippen molar-refractivity contribution in [1.29, 1.82) is 0 Å². The van der Waals surface area contributed by atoms with Crippen LogP contribution in [0.3, 0.4) is 0 Å². The molecule has 1 aromatic heterocycles. The first-order valence-electron chi connectivity index (χ1n) is 4.66. The third-order valence-electron chi connectivity index (χ3n) is 2.12. The molecule has 14 heavy (non-hydrogen) atoms. The molecule has 0 bridgehead atoms. The van der Waals surface area contributed by atoms with Crippen molar-refractivity contribution in [3.8, 4) is 5.75 Å². The lowest BCUT2D eigenvalue weighted by atomic mass is 10.3. The molecule has 0 amide bonds. The van der Waals surface area contributed by atoms with Crippen LogP contribution in [0.15, 0.2) is 12.4 Å². The number of hydrogen-bond donors (Lipinski definition) is 0. The quantitative estimate of drug-likeness (QED) is 0.769. The van der Waals surface area contributed by atoms with Gasteiger partial charge in [0.25, 0.3) is 0 Å². The Morgan fingerprint density at radius 3 is 2.71 bits per heavy atom. The van der Waals surface area contributed by atoms with Gasteiger partial charge in [-0.05, 0) is 12.8 Å². The monoisotopic (exact) mass is 212 g/mol. The van der Waals surface area contributed by atoms with E-state index < -0.39 is 0 Å². The van der Waals surface area contributed by atoms with E-state index in [1.165, 1.54) is 0 Å². The van der Waals surface area contributed by atoms with Crippen LogP contribution >= 0.6 is 11.6 Å². The fourth-order valence-corrected chi connectivity index (χ4v) is 1.40. The number of pyridine rings is 1. The van der Waals surface area contributed by atoms with E-state index in [2.05, 4.69) is 4.98 Å². The summed E-state index contributed by atoms with van der Waals surface area (Å²) < 4.78 is 5.73. The van der Waals surface area contributed by atoms with Crippen LogP contribution in [0.25, 0.3) is 0 Å². The van der Waals surface area contributed by atoms with Gasteiger partial charge in [-0.15, -0.1) is 0 Å². The maximum atomic E-state index is 6.03. The van der Waals surface area contributed by atoms with Gasteiger partial charge in [-0.25, -0.2) is 0 Å². The van der Waals surface area contributed by atoms with E-state index in [0.29, 0.717) is 11.1 Å². The van der Waals surface area contributed by atoms with Gasteiger partial charge >= 0.3 is 0 Å². The van der Waals surface area contributed by atoms with Crippen LogP contribution in [0.5, 0.6) is 5.75 Å². The maximum absolute atomic E-state index is 6.03. The zero-order chi connectivity index (χ0) is 10.1. The first-order valence-corrected chi connectivity index (χ1v) is 5.04. The number of anilines is 1. The highest BCUT2D eigenvalue weighted by molar-refractivity contribution is 6.32. The summed E-state index contributed by atoms with van der Waals surface area (Å²) in [4.78, 5) is 6.00. The predicted octanol–water partition coefficient (Wildman–Crippen LogP) is 2.34. The van der Waals surface area contributed by atoms with Crippen LogP contribution in [0.4, 0.5) is 5.69 Å². The highest BCUT2D eigenvalue weighted by Gasteiger charge is 2.26. The lowest BCUT2D eigenvalue weighted by Crippen LogP contribution is -2.12. The predicted molar refractivity (Wildman–Crippen MR) is 57.2 cm³/mol. The topological polar surface area (TPSA) is 25.4 Å². The van der Waals surface area contributed by atoms with E-state index in [1.807, 2.05) is 19.0 Å². The summed E-state index contributed by atoms with van der Waals surface area (Å²) in [6.45, 7) is 0. The Labute approximate surface area is 88.6 Å². The number of hydrogen-bond acceptors (Lipinski definition) is 3. The highest BCUT2D eigenvalue weighted by Crippen LogP contribution is 2.37. The first-order chi connectivity index (χ1) is 6.68. The molecule has 4 heteroatoms. The molecule has 0 aliphatic heterocycles. The summed E-state index contributed by atoms with van der Waals surface area (Å²) >= 11 is 6.03. The van der Waals surface area contributed by atoms with Crippen molar-refractivity contribution < 1.29 is 4.74 Å². The van der Waals surface area contributed by atoms with Crippen molar-refractivity contribution in [1.82, 2.24) is 4.98 Å². The van der Waals surface area contributed by atoms with Gasteiger partial charge in [0.05, 0.1) is 18.0 Å². The van der Waals surface area contributed by atoms with Crippen molar-refractivity contribution in [3.63, 3.8) is 0 Å². The van der Waals surface area contributed by atoms with Crippen LogP contribution in [0.2, 0.25) is 5.02 Å². The molecule has 76 valence electrons. The molecular formula is C10H13ClN2O. The molecular weight excluding hydrogens is 200 g/mol. The van der Waals surface area contributed by atoms with Gasteiger partial charge in [-0.2, -0.15) is 0 Å². The Balaban J connectivity index is 2.31. The molecule has 1 aliphatic carbocycles. The normalized spacial score (nSPS) is 15.4. The molecule has 2 rings (SSSR count). The SMILES string of the molecule is CN(C)c1cncc(Cl)c1OC1CC1. The molecule has 0 spiro atoms. The largest absolute Gasteiger partial charge is 0.487 e. The highest BCUT2D eigenvalue weighted by atomic mass is 35.5.